The van der Waals surface area contributed by atoms with Crippen molar-refractivity contribution in [2.45, 2.75) is 92.8 Å². The Morgan fingerprint density at radius 1 is 0.660 bits per heavy atom. The molecule has 2 saturated carbocycles. The van der Waals surface area contributed by atoms with Crippen LogP contribution >= 0.6 is 0 Å². The fraction of sp³-hybridized carbons (Fsp3) is 0.640. The van der Waals surface area contributed by atoms with E-state index in [4.69, 9.17) is 9.47 Å². The van der Waals surface area contributed by atoms with Crippen molar-refractivity contribution in [3.8, 4) is 0 Å². The van der Waals surface area contributed by atoms with E-state index in [9.17, 15) is 66.0 Å². The predicted octanol–water partition coefficient (Wildman–Crippen LogP) is 3.43. The Balaban J connectivity index is 2.02. The summed E-state index contributed by atoms with van der Waals surface area (Å²) in [5.41, 5.74) is -4.29. The number of benzene rings is 1. The van der Waals surface area contributed by atoms with Gasteiger partial charge in [-0.2, -0.15) is 34.8 Å². The first-order valence-electron chi connectivity index (χ1n) is 13.6. The number of carbonyl (C=O) groups excluding carboxylic acids is 3. The van der Waals surface area contributed by atoms with Gasteiger partial charge < -0.3 is 9.47 Å². The zero-order valence-electron chi connectivity index (χ0n) is 24.9. The number of nitrogens with one attached hydrogen (secondary N) is 2. The van der Waals surface area contributed by atoms with Gasteiger partial charge in [-0.15, -0.1) is 4.13 Å². The van der Waals surface area contributed by atoms with Crippen molar-refractivity contribution in [2.24, 2.45) is 0 Å². The topological polar surface area (TPSA) is 196 Å². The number of esters is 2. The number of sulfonamides is 3. The monoisotopic (exact) mass is 744 g/mol. The maximum Gasteiger partial charge on any atom is 0.433 e. The van der Waals surface area contributed by atoms with Gasteiger partial charge in [0.25, 0.3) is 15.9 Å². The van der Waals surface area contributed by atoms with Crippen molar-refractivity contribution in [3.05, 3.63) is 34.9 Å². The number of amides is 1. The lowest BCUT2D eigenvalue weighted by molar-refractivity contribution is -0.244. The molecule has 0 spiro atoms. The molecule has 2 N–H and O–H groups in total. The fourth-order valence-electron chi connectivity index (χ4n) is 5.01. The number of carbonyl (C=O) groups is 3. The molecule has 3 rings (SSSR count). The zero-order valence-corrected chi connectivity index (χ0v) is 27.3. The summed E-state index contributed by atoms with van der Waals surface area (Å²) < 4.78 is 168. The van der Waals surface area contributed by atoms with Crippen molar-refractivity contribution < 1.29 is 75.5 Å². The first-order valence-corrected chi connectivity index (χ1v) is 18.5. The van der Waals surface area contributed by atoms with E-state index in [-0.39, 0.29) is 10.4 Å². The highest BCUT2D eigenvalue weighted by atomic mass is 32.3. The third-order valence-electron chi connectivity index (χ3n) is 7.56. The van der Waals surface area contributed by atoms with Crippen LogP contribution < -0.4 is 8.85 Å². The number of halogens is 6. The third-order valence-corrected chi connectivity index (χ3v) is 12.0. The molecule has 0 atom stereocenters. The van der Waals surface area contributed by atoms with Gasteiger partial charge in [0, 0.05) is 5.56 Å². The highest BCUT2D eigenvalue weighted by Crippen LogP contribution is 2.50. The maximum absolute atomic E-state index is 14.6. The number of hydrogen-bond acceptors (Lipinski definition) is 11. The minimum absolute atomic E-state index is 0.0336. The van der Waals surface area contributed by atoms with Crippen LogP contribution in [-0.2, 0) is 39.5 Å². The quantitative estimate of drug-likeness (QED) is 0.235. The Morgan fingerprint density at radius 3 is 1.36 bits per heavy atom. The van der Waals surface area contributed by atoms with E-state index >= 15 is 0 Å². The molecule has 2 aliphatic carbocycles. The second-order valence-corrected chi connectivity index (χ2v) is 17.2. The average Bonchev–Trinajstić information content (AvgIpc) is 3.54. The first kappa shape index (κ1) is 38.5. The van der Waals surface area contributed by atoms with Gasteiger partial charge in [-0.05, 0) is 83.4 Å². The predicted molar refractivity (Wildman–Crippen MR) is 149 cm³/mol. The van der Waals surface area contributed by atoms with Gasteiger partial charge in [0.15, 0.2) is 0 Å². The minimum Gasteiger partial charge on any atom is -0.456 e. The first-order chi connectivity index (χ1) is 21.1. The molecule has 1 aromatic rings. The summed E-state index contributed by atoms with van der Waals surface area (Å²) in [5, 5.41) is -14.2. The molecule has 47 heavy (non-hydrogen) atoms. The third kappa shape index (κ3) is 7.85. The second kappa shape index (κ2) is 12.5. The summed E-state index contributed by atoms with van der Waals surface area (Å²) in [5.74, 6) is -12.0. The zero-order chi connectivity index (χ0) is 36.1. The Hall–Kier alpha value is -2.98. The lowest BCUT2D eigenvalue weighted by atomic mass is 10.0. The van der Waals surface area contributed by atoms with Gasteiger partial charge in [0.05, 0.1) is 17.4 Å². The SMILES string of the molecule is CC1(OC(=O)c2cc(C(=O)NS(=O)(=O)C(F)(F)C(F)(F)C(F)(F)S(=O)(=O)NS(C)(=O)=O)cc(C(=O)OC3(C)CCCC3)c2)CCCC1. The Labute approximate surface area is 265 Å². The van der Waals surface area contributed by atoms with E-state index < -0.39 is 92.2 Å². The van der Waals surface area contributed by atoms with Gasteiger partial charge in [0.2, 0.25) is 10.0 Å². The number of ether oxygens (including phenoxy) is 2. The van der Waals surface area contributed by atoms with E-state index in [1.807, 2.05) is 0 Å². The molecule has 0 aromatic heterocycles. The van der Waals surface area contributed by atoms with Gasteiger partial charge >= 0.3 is 38.4 Å². The Bertz CT molecular complexity index is 1720. The van der Waals surface area contributed by atoms with Crippen molar-refractivity contribution in [3.63, 3.8) is 0 Å². The van der Waals surface area contributed by atoms with Gasteiger partial charge in [-0.1, -0.05) is 0 Å². The molecule has 0 unspecified atom stereocenters. The minimum atomic E-state index is -7.41. The molecule has 1 aromatic carbocycles. The summed E-state index contributed by atoms with van der Waals surface area (Å²) in [6, 6.07) is 1.98. The summed E-state index contributed by atoms with van der Waals surface area (Å²) in [4.78, 5) is 38.9. The Morgan fingerprint density at radius 2 is 1.00 bits per heavy atom. The normalized spacial score (nSPS) is 18.8. The number of hydrogen-bond donors (Lipinski definition) is 2. The molecule has 0 aliphatic heterocycles. The van der Waals surface area contributed by atoms with Crippen LogP contribution in [0.15, 0.2) is 18.2 Å². The Kier molecular flexibility index (Phi) is 10.2. The second-order valence-electron chi connectivity index (χ2n) is 11.8. The molecule has 0 saturated heterocycles. The van der Waals surface area contributed by atoms with E-state index in [1.165, 1.54) is 0 Å². The summed E-state index contributed by atoms with van der Waals surface area (Å²) >= 11 is 0. The number of alkyl halides is 6. The van der Waals surface area contributed by atoms with Crippen molar-refractivity contribution >= 4 is 47.9 Å². The van der Waals surface area contributed by atoms with E-state index in [2.05, 4.69) is 0 Å². The van der Waals surface area contributed by atoms with Crippen LogP contribution in [0.1, 0.15) is 96.3 Å². The fourth-order valence-corrected chi connectivity index (χ4v) is 8.51. The van der Waals surface area contributed by atoms with Gasteiger partial charge in [0.1, 0.15) is 11.2 Å². The standard InChI is InChI=1S/C25H30F6N2O11S3/c1-21(8-4-5-9-21)43-19(35)16-12-15(13-17(14-16)20(36)44-22(2)10-6-7-11-22)18(34)32-46(39,40)24(28,29)23(26,27)25(30,31)47(41,42)33-45(3,37)38/h12-14,33H,4-11H2,1-3H3,(H,32,34). The average molecular weight is 745 g/mol. The van der Waals surface area contributed by atoms with Crippen LogP contribution in [0, 0.1) is 0 Å². The molecule has 2 fully saturated rings. The highest BCUT2D eigenvalue weighted by molar-refractivity contribution is 8.05. The van der Waals surface area contributed by atoms with Crippen LogP contribution in [-0.4, -0.2) is 77.0 Å². The smallest absolute Gasteiger partial charge is 0.433 e. The van der Waals surface area contributed by atoms with Gasteiger partial charge in [-0.25, -0.2) is 31.1 Å². The van der Waals surface area contributed by atoms with Crippen LogP contribution in [0.2, 0.25) is 0 Å². The molecule has 0 heterocycles. The molecular formula is C25H30F6N2O11S3. The summed E-state index contributed by atoms with van der Waals surface area (Å²) in [6.07, 6.45) is 4.33. The van der Waals surface area contributed by atoms with Crippen molar-refractivity contribution in [1.82, 2.24) is 8.85 Å². The summed E-state index contributed by atoms with van der Waals surface area (Å²) in [6.45, 7) is 3.17. The lowest BCUT2D eigenvalue weighted by Gasteiger charge is -2.31. The molecule has 2 aliphatic rings. The molecule has 22 heteroatoms. The van der Waals surface area contributed by atoms with Crippen LogP contribution in [0.4, 0.5) is 26.3 Å². The largest absolute Gasteiger partial charge is 0.456 e. The van der Waals surface area contributed by atoms with Crippen LogP contribution in [0.3, 0.4) is 0 Å². The van der Waals surface area contributed by atoms with Gasteiger partial charge in [-0.3, -0.25) is 4.79 Å². The number of rotatable bonds is 12. The van der Waals surface area contributed by atoms with Crippen LogP contribution in [0.5, 0.6) is 0 Å². The van der Waals surface area contributed by atoms with Crippen molar-refractivity contribution in [2.75, 3.05) is 6.26 Å². The molecular weight excluding hydrogens is 714 g/mol. The van der Waals surface area contributed by atoms with E-state index in [1.54, 1.807) is 13.8 Å². The summed E-state index contributed by atoms with van der Waals surface area (Å²) in [7, 11) is -19.9. The maximum atomic E-state index is 14.6. The highest BCUT2D eigenvalue weighted by Gasteiger charge is 2.82. The molecule has 266 valence electrons. The molecule has 1 amide bonds. The van der Waals surface area contributed by atoms with E-state index in [0.717, 1.165) is 6.07 Å². The van der Waals surface area contributed by atoms with Crippen molar-refractivity contribution in [1.29, 1.82) is 0 Å². The molecule has 0 radical (unpaired) electrons. The molecule has 0 bridgehead atoms. The molecule has 13 nitrogen and oxygen atoms in total. The lowest BCUT2D eigenvalue weighted by Crippen LogP contribution is -2.65. The van der Waals surface area contributed by atoms with Crippen LogP contribution in [0.25, 0.3) is 0 Å². The van der Waals surface area contributed by atoms with E-state index in [0.29, 0.717) is 68.2 Å².